The van der Waals surface area contributed by atoms with Gasteiger partial charge in [-0.25, -0.2) is 4.79 Å². The van der Waals surface area contributed by atoms with Gasteiger partial charge in [0.1, 0.15) is 11.3 Å². The molecule has 0 aliphatic heterocycles. The molecule has 26 heavy (non-hydrogen) atoms. The molecule has 0 saturated heterocycles. The molecule has 1 heterocycles. The highest BCUT2D eigenvalue weighted by Gasteiger charge is 2.14. The maximum absolute atomic E-state index is 12.4. The molecule has 2 aromatic carbocycles. The molecular weight excluding hydrogens is 396 g/mol. The van der Waals surface area contributed by atoms with Crippen LogP contribution in [0, 0.1) is 6.92 Å². The van der Waals surface area contributed by atoms with Gasteiger partial charge in [0.15, 0.2) is 12.4 Å². The Hall–Kier alpha value is -2.40. The molecule has 0 bridgehead atoms. The maximum atomic E-state index is 12.4. The topological polar surface area (TPSA) is 56.5 Å². The van der Waals surface area contributed by atoms with Crippen LogP contribution in [-0.2, 0) is 6.42 Å². The van der Waals surface area contributed by atoms with Gasteiger partial charge in [0, 0.05) is 16.1 Å². The van der Waals surface area contributed by atoms with Crippen LogP contribution in [0.4, 0.5) is 0 Å². The number of carbonyl (C=O) groups is 1. The highest BCUT2D eigenvalue weighted by atomic mass is 79.9. The molecule has 0 unspecified atom stereocenters. The fourth-order valence-corrected chi connectivity index (χ4v) is 3.18. The van der Waals surface area contributed by atoms with E-state index in [-0.39, 0.29) is 18.0 Å². The van der Waals surface area contributed by atoms with Crippen molar-refractivity contribution in [1.82, 2.24) is 0 Å². The summed E-state index contributed by atoms with van der Waals surface area (Å²) in [6, 6.07) is 12.4. The first-order valence-corrected chi connectivity index (χ1v) is 9.26. The highest BCUT2D eigenvalue weighted by Crippen LogP contribution is 2.30. The third-order valence-electron chi connectivity index (χ3n) is 4.08. The summed E-state index contributed by atoms with van der Waals surface area (Å²) in [5.74, 6) is 0.458. The van der Waals surface area contributed by atoms with E-state index in [1.54, 1.807) is 12.1 Å². The second kappa shape index (κ2) is 7.87. The summed E-state index contributed by atoms with van der Waals surface area (Å²) in [7, 11) is 0. The Kier molecular flexibility index (Phi) is 5.57. The average molecular weight is 415 g/mol. The third-order valence-corrected chi connectivity index (χ3v) is 4.61. The minimum Gasteiger partial charge on any atom is -0.485 e. The lowest BCUT2D eigenvalue weighted by Crippen LogP contribution is -2.12. The Bertz CT molecular complexity index is 1000. The number of carbonyl (C=O) groups excluding carboxylic acids is 1. The smallest absolute Gasteiger partial charge is 0.336 e. The van der Waals surface area contributed by atoms with Crippen LogP contribution in [0.2, 0.25) is 0 Å². The third kappa shape index (κ3) is 4.05. The van der Waals surface area contributed by atoms with Gasteiger partial charge in [-0.05, 0) is 48.7 Å². The molecule has 0 spiro atoms. The van der Waals surface area contributed by atoms with E-state index >= 15 is 0 Å². The predicted molar refractivity (Wildman–Crippen MR) is 105 cm³/mol. The molecule has 0 aliphatic carbocycles. The van der Waals surface area contributed by atoms with E-state index in [0.717, 1.165) is 33.8 Å². The van der Waals surface area contributed by atoms with Crippen molar-refractivity contribution in [2.45, 2.75) is 26.7 Å². The Morgan fingerprint density at radius 2 is 1.88 bits per heavy atom. The SMILES string of the molecule is CCCc1cc(=O)oc2cc(C)cc(OCC(=O)c3ccc(Br)cc3)c12. The lowest BCUT2D eigenvalue weighted by atomic mass is 10.0. The Morgan fingerprint density at radius 3 is 2.58 bits per heavy atom. The Morgan fingerprint density at radius 1 is 1.15 bits per heavy atom. The van der Waals surface area contributed by atoms with E-state index in [1.807, 2.05) is 38.1 Å². The summed E-state index contributed by atoms with van der Waals surface area (Å²) >= 11 is 3.36. The second-order valence-electron chi connectivity index (χ2n) is 6.20. The molecule has 0 radical (unpaired) electrons. The fourth-order valence-electron chi connectivity index (χ4n) is 2.91. The van der Waals surface area contributed by atoms with E-state index < -0.39 is 0 Å². The van der Waals surface area contributed by atoms with E-state index in [2.05, 4.69) is 15.9 Å². The van der Waals surface area contributed by atoms with E-state index in [9.17, 15) is 9.59 Å². The molecule has 3 rings (SSSR count). The van der Waals surface area contributed by atoms with Gasteiger partial charge in [0.25, 0.3) is 0 Å². The highest BCUT2D eigenvalue weighted by molar-refractivity contribution is 9.10. The molecule has 0 N–H and O–H groups in total. The number of hydrogen-bond acceptors (Lipinski definition) is 4. The van der Waals surface area contributed by atoms with Crippen molar-refractivity contribution in [2.24, 2.45) is 0 Å². The molecule has 0 saturated carbocycles. The first-order chi connectivity index (χ1) is 12.5. The summed E-state index contributed by atoms with van der Waals surface area (Å²) in [5.41, 5.74) is 2.49. The Balaban J connectivity index is 1.95. The van der Waals surface area contributed by atoms with Crippen molar-refractivity contribution >= 4 is 32.7 Å². The van der Waals surface area contributed by atoms with Crippen LogP contribution in [0.5, 0.6) is 5.75 Å². The van der Waals surface area contributed by atoms with Gasteiger partial charge in [-0.1, -0.05) is 41.4 Å². The van der Waals surface area contributed by atoms with Crippen LogP contribution in [0.1, 0.15) is 34.8 Å². The fraction of sp³-hybridized carbons (Fsp3) is 0.238. The lowest BCUT2D eigenvalue weighted by molar-refractivity contribution is 0.0922. The average Bonchev–Trinajstić information content (AvgIpc) is 2.59. The van der Waals surface area contributed by atoms with E-state index in [4.69, 9.17) is 9.15 Å². The van der Waals surface area contributed by atoms with Gasteiger partial charge >= 0.3 is 5.63 Å². The zero-order chi connectivity index (χ0) is 18.7. The minimum atomic E-state index is -0.372. The number of aryl methyl sites for hydroxylation is 2. The summed E-state index contributed by atoms with van der Waals surface area (Å²) < 4.78 is 12.1. The van der Waals surface area contributed by atoms with Gasteiger partial charge in [0.05, 0.1) is 5.39 Å². The number of fused-ring (bicyclic) bond motifs is 1. The number of Topliss-reactive ketones (excluding diaryl/α,β-unsaturated/α-hetero) is 1. The summed E-state index contributed by atoms with van der Waals surface area (Å²) in [6.45, 7) is 3.87. The zero-order valence-electron chi connectivity index (χ0n) is 14.7. The number of ketones is 1. The normalized spacial score (nSPS) is 10.9. The molecule has 0 amide bonds. The molecule has 3 aromatic rings. The quantitative estimate of drug-likeness (QED) is 0.416. The van der Waals surface area contributed by atoms with Crippen molar-refractivity contribution in [1.29, 1.82) is 0 Å². The number of benzene rings is 2. The first kappa shape index (κ1) is 18.4. The van der Waals surface area contributed by atoms with Crippen molar-refractivity contribution in [2.75, 3.05) is 6.61 Å². The van der Waals surface area contributed by atoms with Crippen LogP contribution in [0.3, 0.4) is 0 Å². The predicted octanol–water partition coefficient (Wildman–Crippen LogP) is 5.08. The van der Waals surface area contributed by atoms with Crippen LogP contribution in [-0.4, -0.2) is 12.4 Å². The summed E-state index contributed by atoms with van der Waals surface area (Å²) in [4.78, 5) is 24.2. The minimum absolute atomic E-state index is 0.0785. The van der Waals surface area contributed by atoms with Crippen molar-refractivity contribution in [3.05, 3.63) is 74.0 Å². The van der Waals surface area contributed by atoms with Crippen molar-refractivity contribution < 1.29 is 13.9 Å². The van der Waals surface area contributed by atoms with Crippen LogP contribution < -0.4 is 10.4 Å². The molecule has 0 atom stereocenters. The molecule has 134 valence electrons. The van der Waals surface area contributed by atoms with Gasteiger partial charge in [-0.3, -0.25) is 4.79 Å². The Labute approximate surface area is 159 Å². The number of halogens is 1. The van der Waals surface area contributed by atoms with Gasteiger partial charge < -0.3 is 9.15 Å². The second-order valence-corrected chi connectivity index (χ2v) is 7.11. The molecule has 0 aliphatic rings. The standard InChI is InChI=1S/C21H19BrO4/c1-3-4-15-11-20(24)26-19-10-13(2)9-18(21(15)19)25-12-17(23)14-5-7-16(22)8-6-14/h5-11H,3-4,12H2,1-2H3. The maximum Gasteiger partial charge on any atom is 0.336 e. The largest absolute Gasteiger partial charge is 0.485 e. The van der Waals surface area contributed by atoms with Crippen molar-refractivity contribution in [3.63, 3.8) is 0 Å². The van der Waals surface area contributed by atoms with Gasteiger partial charge in [-0.2, -0.15) is 0 Å². The zero-order valence-corrected chi connectivity index (χ0v) is 16.3. The molecule has 1 aromatic heterocycles. The molecular formula is C21H19BrO4. The molecule has 5 heteroatoms. The van der Waals surface area contributed by atoms with Crippen LogP contribution in [0.15, 0.2) is 56.1 Å². The number of ether oxygens (including phenoxy) is 1. The molecule has 4 nitrogen and oxygen atoms in total. The van der Waals surface area contributed by atoms with E-state index in [0.29, 0.717) is 16.9 Å². The van der Waals surface area contributed by atoms with Gasteiger partial charge in [0.2, 0.25) is 0 Å². The van der Waals surface area contributed by atoms with E-state index in [1.165, 1.54) is 6.07 Å². The van der Waals surface area contributed by atoms with Crippen LogP contribution in [0.25, 0.3) is 11.0 Å². The first-order valence-electron chi connectivity index (χ1n) is 8.47. The summed E-state index contributed by atoms with van der Waals surface area (Å²) in [6.07, 6.45) is 1.63. The molecule has 0 fully saturated rings. The van der Waals surface area contributed by atoms with Crippen molar-refractivity contribution in [3.8, 4) is 5.75 Å². The lowest BCUT2D eigenvalue weighted by Gasteiger charge is -2.12. The monoisotopic (exact) mass is 414 g/mol. The van der Waals surface area contributed by atoms with Crippen LogP contribution >= 0.6 is 15.9 Å². The summed E-state index contributed by atoms with van der Waals surface area (Å²) in [5, 5.41) is 0.764. The van der Waals surface area contributed by atoms with Gasteiger partial charge in [-0.15, -0.1) is 0 Å². The number of rotatable bonds is 6. The number of hydrogen-bond donors (Lipinski definition) is 0.